The van der Waals surface area contributed by atoms with Crippen LogP contribution in [0, 0.1) is 0 Å². The zero-order valence-electron chi connectivity index (χ0n) is 26.7. The van der Waals surface area contributed by atoms with Crippen LogP contribution in [0.25, 0.3) is 0 Å². The summed E-state index contributed by atoms with van der Waals surface area (Å²) in [4.78, 5) is 31.6. The lowest BCUT2D eigenvalue weighted by Gasteiger charge is -2.38. The van der Waals surface area contributed by atoms with Crippen molar-refractivity contribution in [1.29, 1.82) is 0 Å². The minimum atomic E-state index is -0.595. The monoisotopic (exact) mass is 637 g/mol. The number of aliphatic hydroxyl groups is 1. The highest BCUT2D eigenvalue weighted by Crippen LogP contribution is 2.38. The van der Waals surface area contributed by atoms with E-state index in [4.69, 9.17) is 15.2 Å². The van der Waals surface area contributed by atoms with Crippen LogP contribution >= 0.6 is 0 Å². The highest BCUT2D eigenvalue weighted by molar-refractivity contribution is 5.94. The summed E-state index contributed by atoms with van der Waals surface area (Å²) in [7, 11) is 2.09. The number of likely N-dealkylation sites (N-methyl/N-ethyl adjacent to an activating group) is 1. The maximum absolute atomic E-state index is 12.6. The van der Waals surface area contributed by atoms with Crippen molar-refractivity contribution in [3.8, 4) is 0 Å². The first-order chi connectivity index (χ1) is 22.9. The van der Waals surface area contributed by atoms with Crippen molar-refractivity contribution in [2.45, 2.75) is 57.2 Å². The molecule has 246 valence electrons. The molecule has 1 fully saturated rings. The molecule has 0 unspecified atom stereocenters. The number of aromatic nitrogens is 1. The molecule has 3 aromatic carbocycles. The molecule has 2 heterocycles. The Labute approximate surface area is 275 Å². The normalized spacial score (nSPS) is 17.7. The minimum Gasteiger partial charge on any atom is -0.397 e. The van der Waals surface area contributed by atoms with Crippen molar-refractivity contribution >= 4 is 28.9 Å². The topological polar surface area (TPSA) is 139 Å². The molecule has 5 N–H and O–H groups in total. The number of hydrogen-bond acceptors (Lipinski definition) is 8. The van der Waals surface area contributed by atoms with Crippen LogP contribution < -0.4 is 16.4 Å². The van der Waals surface area contributed by atoms with E-state index >= 15 is 0 Å². The molecule has 10 nitrogen and oxygen atoms in total. The Morgan fingerprint density at radius 1 is 0.894 bits per heavy atom. The number of benzene rings is 3. The van der Waals surface area contributed by atoms with Gasteiger partial charge in [-0.2, -0.15) is 0 Å². The SMILES string of the molecule is CN(CCc1ccccn1)C[C@@H]1C[C@H](c2ccc(CO)cc2)O[C@H](c2ccc(NC(=O)CCCC(=O)Nc3ccccc3N)cc2)O1. The van der Waals surface area contributed by atoms with Gasteiger partial charge in [0.1, 0.15) is 0 Å². The van der Waals surface area contributed by atoms with E-state index in [2.05, 4.69) is 27.6 Å². The lowest BCUT2D eigenvalue weighted by molar-refractivity contribution is -0.252. The molecule has 5 rings (SSSR count). The van der Waals surface area contributed by atoms with Gasteiger partial charge in [-0.3, -0.25) is 14.6 Å². The largest absolute Gasteiger partial charge is 0.397 e. The third-order valence-electron chi connectivity index (χ3n) is 8.12. The van der Waals surface area contributed by atoms with Gasteiger partial charge in [0.25, 0.3) is 0 Å². The average molecular weight is 638 g/mol. The molecule has 10 heteroatoms. The number of carbonyl (C=O) groups is 2. The molecule has 4 aromatic rings. The molecule has 3 atom stereocenters. The van der Waals surface area contributed by atoms with Crippen molar-refractivity contribution in [3.05, 3.63) is 120 Å². The second-order valence-electron chi connectivity index (χ2n) is 11.8. The Kier molecular flexibility index (Phi) is 12.1. The quantitative estimate of drug-likeness (QED) is 0.131. The van der Waals surface area contributed by atoms with Crippen LogP contribution in [0.5, 0.6) is 0 Å². The fraction of sp³-hybridized carbons (Fsp3) is 0.324. The van der Waals surface area contributed by atoms with Gasteiger partial charge in [0, 0.05) is 61.9 Å². The summed E-state index contributed by atoms with van der Waals surface area (Å²) in [5.74, 6) is -0.358. The van der Waals surface area contributed by atoms with Crippen molar-refractivity contribution in [1.82, 2.24) is 9.88 Å². The number of rotatable bonds is 14. The van der Waals surface area contributed by atoms with Gasteiger partial charge in [0.15, 0.2) is 6.29 Å². The number of nitrogens with two attached hydrogens (primary N) is 1. The van der Waals surface area contributed by atoms with Gasteiger partial charge in [-0.25, -0.2) is 0 Å². The summed E-state index contributed by atoms with van der Waals surface area (Å²) in [6.45, 7) is 1.56. The lowest BCUT2D eigenvalue weighted by Crippen LogP contribution is -2.38. The molecule has 0 saturated carbocycles. The summed E-state index contributed by atoms with van der Waals surface area (Å²) in [6, 6.07) is 28.3. The van der Waals surface area contributed by atoms with Crippen molar-refractivity contribution in [2.75, 3.05) is 36.5 Å². The average Bonchev–Trinajstić information content (AvgIpc) is 3.09. The third kappa shape index (κ3) is 10.2. The van der Waals surface area contributed by atoms with E-state index in [0.29, 0.717) is 29.9 Å². The molecule has 1 aromatic heterocycles. The summed E-state index contributed by atoms with van der Waals surface area (Å²) in [5, 5.41) is 15.2. The number of amides is 2. The van der Waals surface area contributed by atoms with E-state index in [1.807, 2.05) is 72.9 Å². The van der Waals surface area contributed by atoms with Gasteiger partial charge in [-0.05, 0) is 61.0 Å². The van der Waals surface area contributed by atoms with Gasteiger partial charge >= 0.3 is 0 Å². The molecule has 1 aliphatic heterocycles. The van der Waals surface area contributed by atoms with E-state index < -0.39 is 6.29 Å². The second kappa shape index (κ2) is 16.8. The first-order valence-electron chi connectivity index (χ1n) is 16.0. The Morgan fingerprint density at radius 2 is 1.60 bits per heavy atom. The van der Waals surface area contributed by atoms with Gasteiger partial charge in [0.2, 0.25) is 11.8 Å². The number of pyridine rings is 1. The zero-order chi connectivity index (χ0) is 33.0. The molecular formula is C37H43N5O5. The van der Waals surface area contributed by atoms with E-state index in [1.165, 1.54) is 0 Å². The molecule has 1 saturated heterocycles. The number of aliphatic hydroxyl groups excluding tert-OH is 1. The summed E-state index contributed by atoms with van der Waals surface area (Å²) >= 11 is 0. The lowest BCUT2D eigenvalue weighted by atomic mass is 9.99. The second-order valence-corrected chi connectivity index (χ2v) is 11.8. The number of ether oxygens (including phenoxy) is 2. The molecule has 0 bridgehead atoms. The van der Waals surface area contributed by atoms with Crippen LogP contribution in [-0.4, -0.2) is 53.0 Å². The molecule has 0 radical (unpaired) electrons. The fourth-order valence-corrected chi connectivity index (χ4v) is 5.50. The Balaban J connectivity index is 1.16. The van der Waals surface area contributed by atoms with Gasteiger partial charge < -0.3 is 35.8 Å². The molecule has 1 aliphatic rings. The van der Waals surface area contributed by atoms with Crippen LogP contribution in [-0.2, 0) is 32.1 Å². The predicted octanol–water partition coefficient (Wildman–Crippen LogP) is 5.62. The van der Waals surface area contributed by atoms with Crippen molar-refractivity contribution < 1.29 is 24.2 Å². The van der Waals surface area contributed by atoms with Gasteiger partial charge in [-0.1, -0.05) is 54.6 Å². The van der Waals surface area contributed by atoms with Crippen LogP contribution in [0.15, 0.2) is 97.2 Å². The maximum Gasteiger partial charge on any atom is 0.224 e. The molecule has 2 amide bonds. The standard InChI is InChI=1S/C37H43N5O5/c1-42(22-20-29-7-4-5-21-39-29)24-31-23-34(27-14-12-26(25-43)13-15-27)47-37(46-31)28-16-18-30(19-17-28)40-35(44)10-6-11-36(45)41-33-9-3-2-8-32(33)38/h2-5,7-9,12-19,21,31,34,37,43H,6,10-11,20,22-25,38H2,1H3,(H,40,44)(H,41,45)/t31-,34+,37+/m0/s1. The maximum atomic E-state index is 12.6. The van der Waals surface area contributed by atoms with Gasteiger partial charge in [0.05, 0.1) is 30.2 Å². The number of nitrogens with one attached hydrogen (secondary N) is 2. The Bertz CT molecular complexity index is 1580. The molecule has 0 aliphatic carbocycles. The Hall–Kier alpha value is -4.61. The number of carbonyl (C=O) groups excluding carboxylic acids is 2. The highest BCUT2D eigenvalue weighted by atomic mass is 16.7. The highest BCUT2D eigenvalue weighted by Gasteiger charge is 2.32. The predicted molar refractivity (Wildman–Crippen MR) is 182 cm³/mol. The van der Waals surface area contributed by atoms with E-state index in [9.17, 15) is 14.7 Å². The zero-order valence-corrected chi connectivity index (χ0v) is 26.7. The van der Waals surface area contributed by atoms with E-state index in [1.54, 1.807) is 24.3 Å². The molecule has 0 spiro atoms. The van der Waals surface area contributed by atoms with Crippen molar-refractivity contribution in [2.24, 2.45) is 0 Å². The molecular weight excluding hydrogens is 594 g/mol. The Morgan fingerprint density at radius 3 is 2.30 bits per heavy atom. The molecule has 47 heavy (non-hydrogen) atoms. The van der Waals surface area contributed by atoms with Crippen LogP contribution in [0.2, 0.25) is 0 Å². The third-order valence-corrected chi connectivity index (χ3v) is 8.12. The van der Waals surface area contributed by atoms with Crippen molar-refractivity contribution in [3.63, 3.8) is 0 Å². The number of anilines is 3. The number of nitrogen functional groups attached to an aromatic ring is 1. The summed E-state index contributed by atoms with van der Waals surface area (Å²) < 4.78 is 13.0. The van der Waals surface area contributed by atoms with Crippen LogP contribution in [0.1, 0.15) is 60.5 Å². The number of para-hydroxylation sites is 2. The minimum absolute atomic E-state index is 0.0107. The summed E-state index contributed by atoms with van der Waals surface area (Å²) in [6.07, 6.45) is 3.31. The first-order valence-corrected chi connectivity index (χ1v) is 16.0. The number of nitrogens with zero attached hydrogens (tertiary/aromatic N) is 2. The first kappa shape index (κ1) is 33.7. The smallest absolute Gasteiger partial charge is 0.224 e. The number of hydrogen-bond donors (Lipinski definition) is 4. The van der Waals surface area contributed by atoms with Crippen LogP contribution in [0.3, 0.4) is 0 Å². The van der Waals surface area contributed by atoms with Crippen LogP contribution in [0.4, 0.5) is 17.1 Å². The van der Waals surface area contributed by atoms with E-state index in [-0.39, 0.29) is 43.5 Å². The summed E-state index contributed by atoms with van der Waals surface area (Å²) in [5.41, 5.74) is 11.4. The van der Waals surface area contributed by atoms with E-state index in [0.717, 1.165) is 41.9 Å². The fourth-order valence-electron chi connectivity index (χ4n) is 5.50. The van der Waals surface area contributed by atoms with Gasteiger partial charge in [-0.15, -0.1) is 0 Å².